The molecule has 1 aromatic rings. The lowest BCUT2D eigenvalue weighted by atomic mass is 10.2. The summed E-state index contributed by atoms with van der Waals surface area (Å²) in [5, 5.41) is 7.00. The molecule has 1 saturated heterocycles. The van der Waals surface area contributed by atoms with Gasteiger partial charge in [-0.2, -0.15) is 5.10 Å². The smallest absolute Gasteiger partial charge is 0.276 e. The van der Waals surface area contributed by atoms with Gasteiger partial charge in [-0.05, 0) is 19.3 Å². The zero-order valence-electron chi connectivity index (χ0n) is 10.5. The van der Waals surface area contributed by atoms with Crippen molar-refractivity contribution in [2.24, 2.45) is 0 Å². The molecule has 1 aromatic heterocycles. The summed E-state index contributed by atoms with van der Waals surface area (Å²) in [4.78, 5) is 14.1. The molecule has 98 valence electrons. The van der Waals surface area contributed by atoms with Crippen molar-refractivity contribution in [1.82, 2.24) is 15.1 Å². The lowest BCUT2D eigenvalue weighted by Gasteiger charge is -2.14. The fraction of sp³-hybridized carbons (Fsp3) is 0.667. The van der Waals surface area contributed by atoms with Crippen LogP contribution in [0.1, 0.15) is 41.4 Å². The van der Waals surface area contributed by atoms with Crippen molar-refractivity contribution in [3.05, 3.63) is 11.4 Å². The summed E-state index contributed by atoms with van der Waals surface area (Å²) in [6.07, 6.45) is 3.28. The van der Waals surface area contributed by atoms with Crippen LogP contribution in [0.5, 0.6) is 0 Å². The topological polar surface area (TPSA) is 84.2 Å². The number of rotatable bonds is 3. The number of hydrogen-bond donors (Lipinski definition) is 2. The van der Waals surface area contributed by atoms with Crippen molar-refractivity contribution in [2.75, 3.05) is 25.9 Å². The molecule has 2 aliphatic rings. The average Bonchev–Trinajstić information content (AvgIpc) is 2.97. The van der Waals surface area contributed by atoms with Crippen LogP contribution in [-0.4, -0.2) is 47.3 Å². The molecule has 1 unspecified atom stereocenters. The number of aromatic amines is 1. The fourth-order valence-corrected chi connectivity index (χ4v) is 2.47. The van der Waals surface area contributed by atoms with Gasteiger partial charge in [0.2, 0.25) is 0 Å². The molecule has 1 atom stereocenters. The monoisotopic (exact) mass is 250 g/mol. The van der Waals surface area contributed by atoms with Gasteiger partial charge in [0.05, 0.1) is 17.5 Å². The van der Waals surface area contributed by atoms with E-state index in [1.165, 1.54) is 0 Å². The molecule has 0 spiro atoms. The second kappa shape index (κ2) is 4.28. The first kappa shape index (κ1) is 11.5. The van der Waals surface area contributed by atoms with Gasteiger partial charge in [0, 0.05) is 26.1 Å². The van der Waals surface area contributed by atoms with Crippen LogP contribution in [0.4, 0.5) is 5.69 Å². The molecule has 2 fully saturated rings. The minimum absolute atomic E-state index is 0.0878. The van der Waals surface area contributed by atoms with E-state index in [1.54, 1.807) is 12.0 Å². The molecule has 0 bridgehead atoms. The van der Waals surface area contributed by atoms with Crippen molar-refractivity contribution in [1.29, 1.82) is 0 Å². The number of anilines is 1. The van der Waals surface area contributed by atoms with Crippen LogP contribution < -0.4 is 5.73 Å². The van der Waals surface area contributed by atoms with Gasteiger partial charge in [0.25, 0.3) is 5.91 Å². The van der Waals surface area contributed by atoms with Gasteiger partial charge in [-0.3, -0.25) is 9.89 Å². The Hall–Kier alpha value is -1.56. The quantitative estimate of drug-likeness (QED) is 0.828. The molecule has 0 aromatic carbocycles. The summed E-state index contributed by atoms with van der Waals surface area (Å²) in [5.74, 6) is 0.388. The summed E-state index contributed by atoms with van der Waals surface area (Å²) < 4.78 is 5.26. The van der Waals surface area contributed by atoms with E-state index in [-0.39, 0.29) is 12.0 Å². The number of methoxy groups -OCH3 is 1. The van der Waals surface area contributed by atoms with Crippen LogP contribution in [-0.2, 0) is 4.74 Å². The molecule has 18 heavy (non-hydrogen) atoms. The Morgan fingerprint density at radius 2 is 2.28 bits per heavy atom. The van der Waals surface area contributed by atoms with Gasteiger partial charge in [-0.15, -0.1) is 0 Å². The lowest BCUT2D eigenvalue weighted by molar-refractivity contribution is 0.0720. The minimum atomic E-state index is -0.0878. The summed E-state index contributed by atoms with van der Waals surface area (Å²) >= 11 is 0. The van der Waals surface area contributed by atoms with Crippen LogP contribution >= 0.6 is 0 Å². The van der Waals surface area contributed by atoms with Crippen molar-refractivity contribution < 1.29 is 9.53 Å². The third-order valence-electron chi connectivity index (χ3n) is 3.79. The second-order valence-electron chi connectivity index (χ2n) is 5.07. The molecular formula is C12H18N4O2. The number of nitrogens with zero attached hydrogens (tertiary/aromatic N) is 2. The second-order valence-corrected chi connectivity index (χ2v) is 5.07. The number of carbonyl (C=O) groups excluding carboxylic acids is 1. The van der Waals surface area contributed by atoms with Crippen molar-refractivity contribution >= 4 is 11.6 Å². The van der Waals surface area contributed by atoms with Gasteiger partial charge in [-0.25, -0.2) is 0 Å². The van der Waals surface area contributed by atoms with E-state index in [0.29, 0.717) is 30.4 Å². The maximum atomic E-state index is 12.3. The Bertz CT molecular complexity index is 467. The Balaban J connectivity index is 1.76. The maximum Gasteiger partial charge on any atom is 0.276 e. The number of H-pyrrole nitrogens is 1. The van der Waals surface area contributed by atoms with E-state index in [2.05, 4.69) is 10.2 Å². The predicted molar refractivity (Wildman–Crippen MR) is 66.3 cm³/mol. The van der Waals surface area contributed by atoms with Gasteiger partial charge in [-0.1, -0.05) is 0 Å². The molecule has 2 heterocycles. The summed E-state index contributed by atoms with van der Waals surface area (Å²) in [6.45, 7) is 1.34. The van der Waals surface area contributed by atoms with E-state index < -0.39 is 0 Å². The summed E-state index contributed by atoms with van der Waals surface area (Å²) in [7, 11) is 1.67. The molecule has 3 rings (SSSR count). The number of carbonyl (C=O) groups is 1. The molecule has 1 saturated carbocycles. The van der Waals surface area contributed by atoms with E-state index >= 15 is 0 Å². The van der Waals surface area contributed by atoms with E-state index in [0.717, 1.165) is 25.0 Å². The Morgan fingerprint density at radius 3 is 2.89 bits per heavy atom. The molecule has 3 N–H and O–H groups in total. The van der Waals surface area contributed by atoms with Crippen molar-refractivity contribution in [3.63, 3.8) is 0 Å². The van der Waals surface area contributed by atoms with Crippen LogP contribution in [0.2, 0.25) is 0 Å². The highest BCUT2D eigenvalue weighted by Gasteiger charge is 2.33. The number of likely N-dealkylation sites (tertiary alicyclic amines) is 1. The molecular weight excluding hydrogens is 232 g/mol. The Kier molecular flexibility index (Phi) is 2.74. The first-order chi connectivity index (χ1) is 8.70. The molecule has 6 nitrogen and oxygen atoms in total. The molecule has 1 aliphatic heterocycles. The Labute approximate surface area is 105 Å². The maximum absolute atomic E-state index is 12.3. The van der Waals surface area contributed by atoms with Gasteiger partial charge >= 0.3 is 0 Å². The highest BCUT2D eigenvalue weighted by atomic mass is 16.5. The first-order valence-corrected chi connectivity index (χ1v) is 6.36. The third kappa shape index (κ3) is 1.86. The van der Waals surface area contributed by atoms with E-state index in [9.17, 15) is 4.79 Å². The third-order valence-corrected chi connectivity index (χ3v) is 3.79. The summed E-state index contributed by atoms with van der Waals surface area (Å²) in [6, 6.07) is 0. The highest BCUT2D eigenvalue weighted by Crippen LogP contribution is 2.42. The zero-order valence-corrected chi connectivity index (χ0v) is 10.5. The summed E-state index contributed by atoms with van der Waals surface area (Å²) in [5.41, 5.74) is 7.84. The Morgan fingerprint density at radius 1 is 1.50 bits per heavy atom. The largest absolute Gasteiger partial charge is 0.395 e. The van der Waals surface area contributed by atoms with E-state index in [1.807, 2.05) is 0 Å². The normalized spacial score (nSPS) is 23.6. The number of hydrogen-bond acceptors (Lipinski definition) is 4. The van der Waals surface area contributed by atoms with Crippen LogP contribution in [0.25, 0.3) is 0 Å². The van der Waals surface area contributed by atoms with Gasteiger partial charge in [0.15, 0.2) is 5.69 Å². The number of nitrogens with two attached hydrogens (primary N) is 1. The number of amides is 1. The number of ether oxygens (including phenoxy) is 1. The van der Waals surface area contributed by atoms with Gasteiger partial charge < -0.3 is 15.4 Å². The van der Waals surface area contributed by atoms with E-state index in [4.69, 9.17) is 10.5 Å². The zero-order chi connectivity index (χ0) is 12.7. The lowest BCUT2D eigenvalue weighted by Crippen LogP contribution is -2.30. The van der Waals surface area contributed by atoms with Crippen molar-refractivity contribution in [2.45, 2.75) is 31.3 Å². The fourth-order valence-electron chi connectivity index (χ4n) is 2.47. The minimum Gasteiger partial charge on any atom is -0.395 e. The van der Waals surface area contributed by atoms with Crippen LogP contribution in [0.3, 0.4) is 0 Å². The molecule has 1 amide bonds. The predicted octanol–water partition coefficient (Wildman–Crippen LogP) is 0.730. The average molecular weight is 250 g/mol. The van der Waals surface area contributed by atoms with Crippen LogP contribution in [0.15, 0.2) is 0 Å². The first-order valence-electron chi connectivity index (χ1n) is 6.36. The number of aromatic nitrogens is 2. The number of nitrogen functional groups attached to an aromatic ring is 1. The van der Waals surface area contributed by atoms with Crippen LogP contribution in [0, 0.1) is 0 Å². The highest BCUT2D eigenvalue weighted by molar-refractivity contribution is 5.98. The molecule has 1 aliphatic carbocycles. The number of nitrogens with one attached hydrogen (secondary N) is 1. The van der Waals surface area contributed by atoms with Gasteiger partial charge in [0.1, 0.15) is 0 Å². The van der Waals surface area contributed by atoms with Crippen molar-refractivity contribution in [3.8, 4) is 0 Å². The molecule has 0 radical (unpaired) electrons. The standard InChI is InChI=1S/C12H18N4O2/c1-18-8-4-5-16(6-8)12(17)11-9(13)10(14-15-11)7-2-3-7/h7-8H,2-6,13H2,1H3,(H,14,15). The molecule has 6 heteroatoms. The SMILES string of the molecule is COC1CCN(C(=O)c2n[nH]c(C3CC3)c2N)C1.